The van der Waals surface area contributed by atoms with Crippen molar-refractivity contribution in [1.29, 1.82) is 0 Å². The predicted molar refractivity (Wildman–Crippen MR) is 80.0 cm³/mol. The number of thiazole rings is 1. The molecule has 2 N–H and O–H groups in total. The molecule has 1 aromatic heterocycles. The number of aromatic nitrogens is 1. The molecule has 96 valence electrons. The number of nitrogens with two attached hydrogens (primary N) is 1. The predicted octanol–water partition coefficient (Wildman–Crippen LogP) is 4.31. The lowest BCUT2D eigenvalue weighted by molar-refractivity contribution is 0.618. The number of fused-ring (bicyclic) bond motifs is 1. The van der Waals surface area contributed by atoms with E-state index >= 15 is 0 Å². The number of hydrogen-bond acceptors (Lipinski definition) is 4. The summed E-state index contributed by atoms with van der Waals surface area (Å²) in [5.74, 6) is 0.242. The van der Waals surface area contributed by atoms with Crippen LogP contribution in [0.5, 0.6) is 0 Å². The highest BCUT2D eigenvalue weighted by molar-refractivity contribution is 8.00. The van der Waals surface area contributed by atoms with Crippen molar-refractivity contribution in [3.63, 3.8) is 0 Å². The summed E-state index contributed by atoms with van der Waals surface area (Å²) < 4.78 is 15.7. The number of nitrogens with zero attached hydrogens (tertiary/aromatic N) is 1. The Hall–Kier alpha value is -1.59. The SMILES string of the molecule is Nc1cccc(F)c1CSc1nc2ccccc2s1. The summed E-state index contributed by atoms with van der Waals surface area (Å²) in [6.45, 7) is 0. The van der Waals surface area contributed by atoms with Crippen molar-refractivity contribution in [2.75, 3.05) is 5.73 Å². The molecule has 0 aliphatic rings. The van der Waals surface area contributed by atoms with Crippen molar-refractivity contribution >= 4 is 39.0 Å². The van der Waals surface area contributed by atoms with Crippen molar-refractivity contribution in [1.82, 2.24) is 4.98 Å². The third-order valence-corrected chi connectivity index (χ3v) is 4.98. The lowest BCUT2D eigenvalue weighted by Gasteiger charge is -2.04. The number of thioether (sulfide) groups is 1. The molecule has 2 aromatic carbocycles. The van der Waals surface area contributed by atoms with Crippen LogP contribution in [0.3, 0.4) is 0 Å². The summed E-state index contributed by atoms with van der Waals surface area (Å²) >= 11 is 3.13. The van der Waals surface area contributed by atoms with E-state index in [2.05, 4.69) is 4.98 Å². The van der Waals surface area contributed by atoms with Crippen LogP contribution in [0.25, 0.3) is 10.2 Å². The molecule has 0 amide bonds. The molecule has 0 aliphatic heterocycles. The maximum absolute atomic E-state index is 13.6. The van der Waals surface area contributed by atoms with Crippen molar-refractivity contribution in [3.05, 3.63) is 53.8 Å². The molecule has 0 aliphatic carbocycles. The molecule has 0 saturated carbocycles. The molecule has 19 heavy (non-hydrogen) atoms. The summed E-state index contributed by atoms with van der Waals surface area (Å²) in [5.41, 5.74) is 7.82. The molecule has 1 heterocycles. The average Bonchev–Trinajstić information content (AvgIpc) is 2.81. The summed E-state index contributed by atoms with van der Waals surface area (Å²) in [5, 5.41) is 0. The smallest absolute Gasteiger partial charge is 0.151 e. The Morgan fingerprint density at radius 1 is 1.16 bits per heavy atom. The molecule has 2 nitrogen and oxygen atoms in total. The van der Waals surface area contributed by atoms with Crippen LogP contribution in [0.15, 0.2) is 46.8 Å². The van der Waals surface area contributed by atoms with Gasteiger partial charge in [0.2, 0.25) is 0 Å². The minimum Gasteiger partial charge on any atom is -0.398 e. The van der Waals surface area contributed by atoms with E-state index in [1.165, 1.54) is 17.8 Å². The highest BCUT2D eigenvalue weighted by atomic mass is 32.2. The van der Waals surface area contributed by atoms with Gasteiger partial charge in [-0.1, -0.05) is 30.0 Å². The lowest BCUT2D eigenvalue weighted by atomic mass is 10.2. The van der Waals surface area contributed by atoms with E-state index in [9.17, 15) is 4.39 Å². The molecule has 0 saturated heterocycles. The van der Waals surface area contributed by atoms with Gasteiger partial charge in [-0.2, -0.15) is 0 Å². The Kier molecular flexibility index (Phi) is 3.40. The van der Waals surface area contributed by atoms with Crippen LogP contribution in [-0.4, -0.2) is 4.98 Å². The van der Waals surface area contributed by atoms with Gasteiger partial charge in [0.1, 0.15) is 5.82 Å². The van der Waals surface area contributed by atoms with Gasteiger partial charge in [0.05, 0.1) is 10.2 Å². The summed E-state index contributed by atoms with van der Waals surface area (Å²) in [6, 6.07) is 12.7. The average molecular weight is 290 g/mol. The van der Waals surface area contributed by atoms with Gasteiger partial charge >= 0.3 is 0 Å². The van der Waals surface area contributed by atoms with Gasteiger partial charge < -0.3 is 5.73 Å². The van der Waals surface area contributed by atoms with Gasteiger partial charge in [0, 0.05) is 17.0 Å². The second-order valence-corrected chi connectivity index (χ2v) is 6.30. The van der Waals surface area contributed by atoms with Crippen LogP contribution in [0.4, 0.5) is 10.1 Å². The quantitative estimate of drug-likeness (QED) is 0.577. The number of rotatable bonds is 3. The van der Waals surface area contributed by atoms with Crippen LogP contribution >= 0.6 is 23.1 Å². The molecule has 3 aromatic rings. The highest BCUT2D eigenvalue weighted by Gasteiger charge is 2.09. The maximum Gasteiger partial charge on any atom is 0.151 e. The molecule has 0 radical (unpaired) electrons. The number of anilines is 1. The monoisotopic (exact) mass is 290 g/mol. The van der Waals surface area contributed by atoms with Gasteiger partial charge in [0.25, 0.3) is 0 Å². The highest BCUT2D eigenvalue weighted by Crippen LogP contribution is 2.33. The Morgan fingerprint density at radius 2 is 2.00 bits per heavy atom. The van der Waals surface area contributed by atoms with Crippen LogP contribution < -0.4 is 5.73 Å². The van der Waals surface area contributed by atoms with E-state index < -0.39 is 0 Å². The second-order valence-electron chi connectivity index (χ2n) is 4.04. The van der Waals surface area contributed by atoms with Gasteiger partial charge in [-0.15, -0.1) is 11.3 Å². The Labute approximate surface area is 118 Å². The Bertz CT molecular complexity index is 671. The van der Waals surface area contributed by atoms with E-state index in [4.69, 9.17) is 5.73 Å². The molecular formula is C14H11FN2S2. The van der Waals surface area contributed by atoms with Crippen molar-refractivity contribution in [3.8, 4) is 0 Å². The van der Waals surface area contributed by atoms with Crippen LogP contribution in [-0.2, 0) is 5.75 Å². The van der Waals surface area contributed by atoms with Gasteiger partial charge in [-0.3, -0.25) is 0 Å². The number of nitrogen functional groups attached to an aromatic ring is 1. The lowest BCUT2D eigenvalue weighted by Crippen LogP contribution is -1.95. The molecule has 5 heteroatoms. The van der Waals surface area contributed by atoms with E-state index in [1.807, 2.05) is 24.3 Å². The fourth-order valence-electron chi connectivity index (χ4n) is 1.77. The van der Waals surface area contributed by atoms with Crippen molar-refractivity contribution < 1.29 is 4.39 Å². The first-order chi connectivity index (χ1) is 9.24. The topological polar surface area (TPSA) is 38.9 Å². The second kappa shape index (κ2) is 5.19. The minimum absolute atomic E-state index is 0.256. The van der Waals surface area contributed by atoms with Crippen LogP contribution in [0.2, 0.25) is 0 Å². The first kappa shape index (κ1) is 12.4. The number of benzene rings is 2. The molecule has 0 spiro atoms. The van der Waals surface area contributed by atoms with E-state index in [1.54, 1.807) is 23.5 Å². The Balaban J connectivity index is 1.82. The molecule has 3 rings (SSSR count). The fraction of sp³-hybridized carbons (Fsp3) is 0.0714. The third kappa shape index (κ3) is 2.57. The van der Waals surface area contributed by atoms with E-state index in [-0.39, 0.29) is 5.82 Å². The van der Waals surface area contributed by atoms with Crippen molar-refractivity contribution in [2.24, 2.45) is 0 Å². The largest absolute Gasteiger partial charge is 0.398 e. The molecule has 0 unspecified atom stereocenters. The third-order valence-electron chi connectivity index (χ3n) is 2.77. The summed E-state index contributed by atoms with van der Waals surface area (Å²) in [4.78, 5) is 4.51. The molecule has 0 atom stereocenters. The fourth-order valence-corrected chi connectivity index (χ4v) is 3.89. The molecule has 0 fully saturated rings. The number of halogens is 1. The first-order valence-electron chi connectivity index (χ1n) is 5.75. The number of para-hydroxylation sites is 1. The Morgan fingerprint density at radius 3 is 2.79 bits per heavy atom. The zero-order valence-electron chi connectivity index (χ0n) is 9.97. The zero-order valence-corrected chi connectivity index (χ0v) is 11.6. The van der Waals surface area contributed by atoms with Gasteiger partial charge in [-0.05, 0) is 24.3 Å². The van der Waals surface area contributed by atoms with Crippen LogP contribution in [0, 0.1) is 5.82 Å². The summed E-state index contributed by atoms with van der Waals surface area (Å²) in [6.07, 6.45) is 0. The molecular weight excluding hydrogens is 279 g/mol. The standard InChI is InChI=1S/C14H11FN2S2/c15-10-4-3-5-11(16)9(10)8-18-14-17-12-6-1-2-7-13(12)19-14/h1-7H,8,16H2. The zero-order chi connectivity index (χ0) is 13.2. The van der Waals surface area contributed by atoms with Gasteiger partial charge in [0.15, 0.2) is 4.34 Å². The van der Waals surface area contributed by atoms with E-state index in [0.29, 0.717) is 17.0 Å². The van der Waals surface area contributed by atoms with Gasteiger partial charge in [-0.25, -0.2) is 9.37 Å². The van der Waals surface area contributed by atoms with E-state index in [0.717, 1.165) is 14.6 Å². The normalized spacial score (nSPS) is 11.0. The minimum atomic E-state index is -0.256. The first-order valence-corrected chi connectivity index (χ1v) is 7.55. The van der Waals surface area contributed by atoms with Crippen LogP contribution in [0.1, 0.15) is 5.56 Å². The molecule has 0 bridgehead atoms. The summed E-state index contributed by atoms with van der Waals surface area (Å²) in [7, 11) is 0. The number of hydrogen-bond donors (Lipinski definition) is 1. The van der Waals surface area contributed by atoms with Crippen molar-refractivity contribution in [2.45, 2.75) is 10.1 Å². The maximum atomic E-state index is 13.6.